The molecule has 0 saturated heterocycles. The number of ether oxygens (including phenoxy) is 2. The van der Waals surface area contributed by atoms with Crippen LogP contribution in [0.3, 0.4) is 0 Å². The molecule has 2 aliphatic rings. The number of hydrogen-bond acceptors (Lipinski definition) is 6. The van der Waals surface area contributed by atoms with Gasteiger partial charge in [-0.25, -0.2) is 5.01 Å². The molecule has 0 unspecified atom stereocenters. The highest BCUT2D eigenvalue weighted by atomic mass is 35.5. The summed E-state index contributed by atoms with van der Waals surface area (Å²) in [5, 5.41) is 15.8. The number of halogens is 2. The summed E-state index contributed by atoms with van der Waals surface area (Å²) in [4.78, 5) is 0. The first-order chi connectivity index (χ1) is 10.7. The van der Waals surface area contributed by atoms with Crippen molar-refractivity contribution in [2.45, 2.75) is 0 Å². The monoisotopic (exact) mass is 352 g/mol. The van der Waals surface area contributed by atoms with Gasteiger partial charge < -0.3 is 15.2 Å². The summed E-state index contributed by atoms with van der Waals surface area (Å²) in [6.07, 6.45) is 1.80. The third kappa shape index (κ3) is 2.99. The Kier molecular flexibility index (Phi) is 5.16. The maximum atomic E-state index is 9.43. The second-order valence-corrected chi connectivity index (χ2v) is 5.09. The zero-order chi connectivity index (χ0) is 15.7. The van der Waals surface area contributed by atoms with Gasteiger partial charge in [0.05, 0.1) is 36.7 Å². The van der Waals surface area contributed by atoms with Gasteiger partial charge in [-0.05, 0) is 18.2 Å². The second kappa shape index (κ2) is 6.92. The molecule has 8 heteroatoms. The lowest BCUT2D eigenvalue weighted by atomic mass is 9.99. The van der Waals surface area contributed by atoms with E-state index in [0.29, 0.717) is 41.0 Å². The summed E-state index contributed by atoms with van der Waals surface area (Å²) >= 11 is 6.24. The quantitative estimate of drug-likeness (QED) is 0.884. The van der Waals surface area contributed by atoms with Crippen molar-refractivity contribution in [1.29, 1.82) is 5.26 Å². The highest BCUT2D eigenvalue weighted by Gasteiger charge is 2.29. The van der Waals surface area contributed by atoms with Crippen molar-refractivity contribution in [2.75, 3.05) is 25.3 Å². The molecule has 2 heterocycles. The van der Waals surface area contributed by atoms with Crippen LogP contribution in [0.2, 0.25) is 5.02 Å². The Balaban J connectivity index is 0.00000192. The Morgan fingerprint density at radius 1 is 1.48 bits per heavy atom. The van der Waals surface area contributed by atoms with Crippen LogP contribution < -0.4 is 15.5 Å². The predicted octanol–water partition coefficient (Wildman–Crippen LogP) is 2.60. The molecule has 0 aromatic heterocycles. The molecule has 0 fully saturated rings. The lowest BCUT2D eigenvalue weighted by Crippen LogP contribution is -2.34. The molecule has 0 aliphatic carbocycles. The van der Waals surface area contributed by atoms with Gasteiger partial charge in [0, 0.05) is 11.6 Å². The van der Waals surface area contributed by atoms with E-state index in [1.165, 1.54) is 5.01 Å². The molecule has 120 valence electrons. The van der Waals surface area contributed by atoms with Crippen molar-refractivity contribution in [3.05, 3.63) is 46.3 Å². The summed E-state index contributed by atoms with van der Waals surface area (Å²) in [5.74, 6) is 0.849. The number of hydrazone groups is 1. The van der Waals surface area contributed by atoms with Crippen molar-refractivity contribution >= 4 is 35.4 Å². The number of nitrogens with two attached hydrogens (primary N) is 1. The fraction of sp³-hybridized carbons (Fsp3) is 0.200. The maximum absolute atomic E-state index is 9.43. The Morgan fingerprint density at radius 2 is 2.26 bits per heavy atom. The summed E-state index contributed by atoms with van der Waals surface area (Å²) in [6, 6.07) is 7.28. The van der Waals surface area contributed by atoms with Gasteiger partial charge in [-0.3, -0.25) is 0 Å². The fourth-order valence-corrected chi connectivity index (χ4v) is 2.52. The van der Waals surface area contributed by atoms with E-state index in [0.717, 1.165) is 5.57 Å². The van der Waals surface area contributed by atoms with E-state index in [1.54, 1.807) is 31.4 Å². The smallest absolute Gasteiger partial charge is 0.144 e. The molecule has 0 spiro atoms. The number of fused-ring (bicyclic) bond motifs is 1. The number of rotatable bonds is 2. The van der Waals surface area contributed by atoms with Crippen LogP contribution in [0.25, 0.3) is 0 Å². The van der Waals surface area contributed by atoms with Crippen LogP contribution in [0.1, 0.15) is 0 Å². The van der Waals surface area contributed by atoms with E-state index < -0.39 is 0 Å². The van der Waals surface area contributed by atoms with Gasteiger partial charge in [0.2, 0.25) is 0 Å². The van der Waals surface area contributed by atoms with Gasteiger partial charge in [0.15, 0.2) is 0 Å². The summed E-state index contributed by atoms with van der Waals surface area (Å²) in [7, 11) is 1.56. The third-order valence-corrected chi connectivity index (χ3v) is 3.74. The Labute approximate surface area is 144 Å². The number of hydrogen-bond donors (Lipinski definition) is 1. The predicted molar refractivity (Wildman–Crippen MR) is 90.9 cm³/mol. The van der Waals surface area contributed by atoms with Crippen molar-refractivity contribution < 1.29 is 9.47 Å². The third-order valence-electron chi connectivity index (χ3n) is 3.42. The van der Waals surface area contributed by atoms with Gasteiger partial charge in [-0.1, -0.05) is 11.6 Å². The van der Waals surface area contributed by atoms with E-state index in [-0.39, 0.29) is 18.2 Å². The van der Waals surface area contributed by atoms with Crippen molar-refractivity contribution in [3.63, 3.8) is 0 Å². The van der Waals surface area contributed by atoms with Gasteiger partial charge >= 0.3 is 0 Å². The fourth-order valence-electron chi connectivity index (χ4n) is 2.32. The molecular formula is C15H14Cl2N4O2. The number of benzene rings is 1. The Bertz CT molecular complexity index is 765. The average molecular weight is 353 g/mol. The van der Waals surface area contributed by atoms with Crippen LogP contribution in [-0.4, -0.2) is 26.0 Å². The zero-order valence-electron chi connectivity index (χ0n) is 12.2. The maximum Gasteiger partial charge on any atom is 0.144 e. The molecule has 1 aromatic rings. The lowest BCUT2D eigenvalue weighted by molar-refractivity contribution is 0.199. The van der Waals surface area contributed by atoms with Crippen LogP contribution in [0.4, 0.5) is 5.69 Å². The number of methoxy groups -OCH3 is 1. The molecule has 0 amide bonds. The van der Waals surface area contributed by atoms with Crippen molar-refractivity contribution in [3.8, 4) is 11.8 Å². The summed E-state index contributed by atoms with van der Waals surface area (Å²) in [6.45, 7) is 0.759. The minimum absolute atomic E-state index is 0. The van der Waals surface area contributed by atoms with Crippen LogP contribution in [0.5, 0.6) is 5.75 Å². The summed E-state index contributed by atoms with van der Waals surface area (Å²) in [5.41, 5.74) is 8.41. The largest absolute Gasteiger partial charge is 0.497 e. The van der Waals surface area contributed by atoms with E-state index in [4.69, 9.17) is 26.8 Å². The molecule has 2 N–H and O–H groups in total. The molecule has 1 aromatic carbocycles. The van der Waals surface area contributed by atoms with Gasteiger partial charge in [0.1, 0.15) is 23.2 Å². The Morgan fingerprint density at radius 3 is 2.96 bits per heavy atom. The average Bonchev–Trinajstić information content (AvgIpc) is 2.55. The molecule has 0 radical (unpaired) electrons. The molecule has 0 saturated carbocycles. The second-order valence-electron chi connectivity index (χ2n) is 4.68. The first kappa shape index (κ1) is 17.2. The minimum atomic E-state index is 0. The SMILES string of the molecule is COc1ccc(Cl)c(N2N=C3COCC=C3C(C#N)=C2N)c1.Cl. The molecular weight excluding hydrogens is 339 g/mol. The first-order valence-corrected chi connectivity index (χ1v) is 6.93. The summed E-state index contributed by atoms with van der Waals surface area (Å²) < 4.78 is 10.6. The van der Waals surface area contributed by atoms with E-state index in [9.17, 15) is 5.26 Å². The highest BCUT2D eigenvalue weighted by Crippen LogP contribution is 2.35. The van der Waals surface area contributed by atoms with E-state index in [2.05, 4.69) is 11.2 Å². The number of nitriles is 1. The molecule has 0 bridgehead atoms. The highest BCUT2D eigenvalue weighted by molar-refractivity contribution is 6.33. The van der Waals surface area contributed by atoms with Crippen molar-refractivity contribution in [2.24, 2.45) is 10.8 Å². The molecule has 23 heavy (non-hydrogen) atoms. The van der Waals surface area contributed by atoms with Crippen LogP contribution in [-0.2, 0) is 4.74 Å². The van der Waals surface area contributed by atoms with Crippen LogP contribution in [0, 0.1) is 11.3 Å². The minimum Gasteiger partial charge on any atom is -0.497 e. The topological polar surface area (TPSA) is 83.9 Å². The van der Waals surface area contributed by atoms with Gasteiger partial charge in [-0.15, -0.1) is 12.4 Å². The zero-order valence-corrected chi connectivity index (χ0v) is 13.8. The van der Waals surface area contributed by atoms with Crippen molar-refractivity contribution in [1.82, 2.24) is 0 Å². The number of anilines is 1. The van der Waals surface area contributed by atoms with Gasteiger partial charge in [-0.2, -0.15) is 10.4 Å². The number of nitrogens with zero attached hydrogens (tertiary/aromatic N) is 3. The van der Waals surface area contributed by atoms with E-state index in [1.807, 2.05) is 0 Å². The van der Waals surface area contributed by atoms with Crippen LogP contribution in [0.15, 0.2) is 46.3 Å². The van der Waals surface area contributed by atoms with Crippen LogP contribution >= 0.6 is 24.0 Å². The number of allylic oxidation sites excluding steroid dienone is 1. The van der Waals surface area contributed by atoms with E-state index >= 15 is 0 Å². The Hall–Kier alpha value is -2.20. The lowest BCUT2D eigenvalue weighted by Gasteiger charge is -2.29. The standard InChI is InChI=1S/C15H13ClN4O2.ClH/c1-21-9-2-3-12(16)14(6-9)20-15(18)11(7-17)10-4-5-22-8-13(10)19-20;/h2-4,6H,5,8,18H2,1H3;1H. The molecule has 2 aliphatic heterocycles. The molecule has 0 atom stereocenters. The first-order valence-electron chi connectivity index (χ1n) is 6.55. The normalized spacial score (nSPS) is 16.7. The van der Waals surface area contributed by atoms with Gasteiger partial charge in [0.25, 0.3) is 0 Å². The molecule has 3 rings (SSSR count). The molecule has 6 nitrogen and oxygen atoms in total.